The molecule has 0 radical (unpaired) electrons. The van der Waals surface area contributed by atoms with Crippen LogP contribution >= 0.6 is 0 Å². The van der Waals surface area contributed by atoms with Gasteiger partial charge in [0.15, 0.2) is 0 Å². The van der Waals surface area contributed by atoms with Crippen molar-refractivity contribution in [2.45, 2.75) is 13.8 Å². The zero-order chi connectivity index (χ0) is 13.5. The monoisotopic (exact) mass is 250 g/mol. The molecule has 102 valence electrons. The van der Waals surface area contributed by atoms with Gasteiger partial charge in [-0.2, -0.15) is 0 Å². The van der Waals surface area contributed by atoms with Gasteiger partial charge in [0.1, 0.15) is 5.75 Å². The molecule has 0 spiro atoms. The van der Waals surface area contributed by atoms with E-state index in [4.69, 9.17) is 4.74 Å². The van der Waals surface area contributed by atoms with Crippen LogP contribution in [-0.2, 0) is 0 Å². The Morgan fingerprint density at radius 3 is 2.50 bits per heavy atom. The number of anilines is 1. The molecule has 18 heavy (non-hydrogen) atoms. The van der Waals surface area contributed by atoms with E-state index in [9.17, 15) is 0 Å². The Balaban J connectivity index is 2.76. The van der Waals surface area contributed by atoms with Gasteiger partial charge in [-0.15, -0.1) is 0 Å². The highest BCUT2D eigenvalue weighted by atomic mass is 16.5. The summed E-state index contributed by atoms with van der Waals surface area (Å²) in [6.45, 7) is 6.62. The highest BCUT2D eigenvalue weighted by Gasteiger charge is 2.16. The maximum Gasteiger partial charge on any atom is 0.142 e. The van der Waals surface area contributed by atoms with Gasteiger partial charge in [0.2, 0.25) is 0 Å². The summed E-state index contributed by atoms with van der Waals surface area (Å²) < 4.78 is 5.41. The summed E-state index contributed by atoms with van der Waals surface area (Å²) in [5.41, 5.74) is 1.15. The van der Waals surface area contributed by atoms with E-state index in [1.54, 1.807) is 7.11 Å². The van der Waals surface area contributed by atoms with Crippen molar-refractivity contribution in [2.24, 2.45) is 11.8 Å². The smallest absolute Gasteiger partial charge is 0.142 e. The van der Waals surface area contributed by atoms with Gasteiger partial charge < -0.3 is 15.0 Å². The number of ether oxygens (including phenoxy) is 1. The van der Waals surface area contributed by atoms with Crippen molar-refractivity contribution in [1.82, 2.24) is 5.32 Å². The molecule has 3 nitrogen and oxygen atoms in total. The Labute approximate surface area is 111 Å². The minimum Gasteiger partial charge on any atom is -0.495 e. The molecule has 0 fully saturated rings. The molecule has 1 aromatic carbocycles. The highest BCUT2D eigenvalue weighted by molar-refractivity contribution is 5.57. The third kappa shape index (κ3) is 3.91. The molecule has 0 aliphatic heterocycles. The topological polar surface area (TPSA) is 24.5 Å². The van der Waals surface area contributed by atoms with Crippen molar-refractivity contribution in [3.05, 3.63) is 24.3 Å². The van der Waals surface area contributed by atoms with E-state index < -0.39 is 0 Å². The van der Waals surface area contributed by atoms with Crippen LogP contribution in [0.5, 0.6) is 5.75 Å². The van der Waals surface area contributed by atoms with Gasteiger partial charge in [-0.05, 0) is 37.6 Å². The van der Waals surface area contributed by atoms with Crippen LogP contribution in [0.1, 0.15) is 13.8 Å². The number of benzene rings is 1. The van der Waals surface area contributed by atoms with Crippen molar-refractivity contribution >= 4 is 5.69 Å². The van der Waals surface area contributed by atoms with E-state index >= 15 is 0 Å². The first-order valence-electron chi connectivity index (χ1n) is 6.58. The first-order chi connectivity index (χ1) is 8.60. The Hall–Kier alpha value is -1.22. The quantitative estimate of drug-likeness (QED) is 0.805. The summed E-state index contributed by atoms with van der Waals surface area (Å²) in [4.78, 5) is 2.28. The van der Waals surface area contributed by atoms with Crippen molar-refractivity contribution in [2.75, 3.05) is 39.2 Å². The largest absolute Gasteiger partial charge is 0.495 e. The zero-order valence-corrected chi connectivity index (χ0v) is 12.2. The molecule has 1 unspecified atom stereocenters. The lowest BCUT2D eigenvalue weighted by Gasteiger charge is -2.29. The lowest BCUT2D eigenvalue weighted by atomic mass is 9.95. The summed E-state index contributed by atoms with van der Waals surface area (Å²) in [5.74, 6) is 2.23. The lowest BCUT2D eigenvalue weighted by Crippen LogP contribution is -2.34. The van der Waals surface area contributed by atoms with Crippen LogP contribution in [0.15, 0.2) is 24.3 Å². The number of nitrogens with zero attached hydrogens (tertiary/aromatic N) is 1. The molecule has 0 heterocycles. The molecule has 1 atom stereocenters. The van der Waals surface area contributed by atoms with Crippen molar-refractivity contribution < 1.29 is 4.74 Å². The molecule has 1 N–H and O–H groups in total. The molecule has 1 aromatic rings. The number of hydrogen-bond donors (Lipinski definition) is 1. The maximum atomic E-state index is 5.41. The summed E-state index contributed by atoms with van der Waals surface area (Å²) >= 11 is 0. The van der Waals surface area contributed by atoms with Gasteiger partial charge in [-0.3, -0.25) is 0 Å². The minimum atomic E-state index is 0.630. The molecule has 0 aliphatic rings. The molecular formula is C15H26N2O. The van der Waals surface area contributed by atoms with Gasteiger partial charge in [0, 0.05) is 13.6 Å². The summed E-state index contributed by atoms with van der Waals surface area (Å²) in [7, 11) is 5.86. The average Bonchev–Trinajstić information content (AvgIpc) is 2.37. The molecule has 0 saturated heterocycles. The number of para-hydroxylation sites is 2. The number of rotatable bonds is 7. The van der Waals surface area contributed by atoms with Crippen LogP contribution in [0, 0.1) is 11.8 Å². The van der Waals surface area contributed by atoms with Gasteiger partial charge in [-0.1, -0.05) is 26.0 Å². The first kappa shape index (κ1) is 14.8. The minimum absolute atomic E-state index is 0.630. The van der Waals surface area contributed by atoms with Crippen molar-refractivity contribution in [3.8, 4) is 5.75 Å². The van der Waals surface area contributed by atoms with Crippen LogP contribution in [-0.4, -0.2) is 34.3 Å². The van der Waals surface area contributed by atoms with E-state index in [-0.39, 0.29) is 0 Å². The van der Waals surface area contributed by atoms with E-state index in [1.807, 2.05) is 19.2 Å². The maximum absolute atomic E-state index is 5.41. The summed E-state index contributed by atoms with van der Waals surface area (Å²) in [5, 5.41) is 3.28. The summed E-state index contributed by atoms with van der Waals surface area (Å²) in [6, 6.07) is 8.17. The van der Waals surface area contributed by atoms with E-state index in [1.165, 1.54) is 0 Å². The summed E-state index contributed by atoms with van der Waals surface area (Å²) in [6.07, 6.45) is 0. The molecule has 3 heteroatoms. The molecule has 0 amide bonds. The van der Waals surface area contributed by atoms with Crippen molar-refractivity contribution in [3.63, 3.8) is 0 Å². The SMILES string of the molecule is CNCC(CN(C)c1ccccc1OC)C(C)C. The molecule has 0 aliphatic carbocycles. The van der Waals surface area contributed by atoms with Gasteiger partial charge >= 0.3 is 0 Å². The molecule has 0 bridgehead atoms. The molecule has 0 aromatic heterocycles. The fraction of sp³-hybridized carbons (Fsp3) is 0.600. The van der Waals surface area contributed by atoms with Crippen LogP contribution in [0.3, 0.4) is 0 Å². The number of nitrogens with one attached hydrogen (secondary N) is 1. The van der Waals surface area contributed by atoms with E-state index in [0.29, 0.717) is 11.8 Å². The normalized spacial score (nSPS) is 12.6. The fourth-order valence-electron chi connectivity index (χ4n) is 2.17. The third-order valence-electron chi connectivity index (χ3n) is 3.41. The zero-order valence-electron chi connectivity index (χ0n) is 12.2. The molecule has 0 saturated carbocycles. The number of hydrogen-bond acceptors (Lipinski definition) is 3. The Kier molecular flexibility index (Phi) is 5.99. The van der Waals surface area contributed by atoms with Crippen LogP contribution in [0.4, 0.5) is 5.69 Å². The molecule has 1 rings (SSSR count). The van der Waals surface area contributed by atoms with Crippen LogP contribution in [0.25, 0.3) is 0 Å². The molecular weight excluding hydrogens is 224 g/mol. The predicted octanol–water partition coefficient (Wildman–Crippen LogP) is 2.62. The highest BCUT2D eigenvalue weighted by Crippen LogP contribution is 2.27. The third-order valence-corrected chi connectivity index (χ3v) is 3.41. The second kappa shape index (κ2) is 7.27. The van der Waals surface area contributed by atoms with Crippen LogP contribution in [0.2, 0.25) is 0 Å². The number of methoxy groups -OCH3 is 1. The average molecular weight is 250 g/mol. The van der Waals surface area contributed by atoms with Crippen LogP contribution < -0.4 is 15.0 Å². The lowest BCUT2D eigenvalue weighted by molar-refractivity contribution is 0.373. The predicted molar refractivity (Wildman–Crippen MR) is 78.5 cm³/mol. The van der Waals surface area contributed by atoms with Gasteiger partial charge in [0.25, 0.3) is 0 Å². The van der Waals surface area contributed by atoms with E-state index in [2.05, 4.69) is 43.2 Å². The Morgan fingerprint density at radius 1 is 1.28 bits per heavy atom. The van der Waals surface area contributed by atoms with Gasteiger partial charge in [0.05, 0.1) is 12.8 Å². The second-order valence-electron chi connectivity index (χ2n) is 5.11. The second-order valence-corrected chi connectivity index (χ2v) is 5.11. The van der Waals surface area contributed by atoms with Gasteiger partial charge in [-0.25, -0.2) is 0 Å². The van der Waals surface area contributed by atoms with E-state index in [0.717, 1.165) is 24.5 Å². The van der Waals surface area contributed by atoms with Crippen molar-refractivity contribution in [1.29, 1.82) is 0 Å². The first-order valence-corrected chi connectivity index (χ1v) is 6.58. The Morgan fingerprint density at radius 2 is 1.94 bits per heavy atom. The fourth-order valence-corrected chi connectivity index (χ4v) is 2.17. The standard InChI is InChI=1S/C15H26N2O/c1-12(2)13(10-16-3)11-17(4)14-8-6-7-9-15(14)18-5/h6-9,12-13,16H,10-11H2,1-5H3. The Bertz CT molecular complexity index is 352.